The first-order valence-corrected chi connectivity index (χ1v) is 12.2. The van der Waals surface area contributed by atoms with Gasteiger partial charge in [-0.25, -0.2) is 0 Å². The van der Waals surface area contributed by atoms with E-state index < -0.39 is 23.3 Å². The maximum Gasteiger partial charge on any atom is 0.308 e. The van der Waals surface area contributed by atoms with Gasteiger partial charge >= 0.3 is 17.9 Å². The van der Waals surface area contributed by atoms with Crippen molar-refractivity contribution in [3.8, 4) is 23.0 Å². The van der Waals surface area contributed by atoms with E-state index in [2.05, 4.69) is 0 Å². The molecule has 0 amide bonds. The number of esters is 3. The molecule has 4 rings (SSSR count). The standard InChI is InChI=1S/C32H28O7/c1-21(33)37-29-15-7-25(8-16-29)32(24-5-13-28(36-4)14-6-24,26-9-17-30(18-10-26)38-22(2)34)27-11-19-31(20-12-27)39-23(3)35/h5-20H,1-4H3. The first-order chi connectivity index (χ1) is 18.7. The summed E-state index contributed by atoms with van der Waals surface area (Å²) < 4.78 is 21.3. The topological polar surface area (TPSA) is 88.1 Å². The smallest absolute Gasteiger partial charge is 0.308 e. The first-order valence-electron chi connectivity index (χ1n) is 12.2. The number of benzene rings is 4. The second-order valence-corrected chi connectivity index (χ2v) is 8.83. The van der Waals surface area contributed by atoms with Crippen molar-refractivity contribution >= 4 is 17.9 Å². The fourth-order valence-corrected chi connectivity index (χ4v) is 4.66. The van der Waals surface area contributed by atoms with Crippen LogP contribution in [-0.4, -0.2) is 25.0 Å². The van der Waals surface area contributed by atoms with Gasteiger partial charge in [0.2, 0.25) is 0 Å². The van der Waals surface area contributed by atoms with E-state index >= 15 is 0 Å². The average Bonchev–Trinajstić information content (AvgIpc) is 2.91. The van der Waals surface area contributed by atoms with Crippen molar-refractivity contribution in [2.45, 2.75) is 26.2 Å². The summed E-state index contributed by atoms with van der Waals surface area (Å²) in [5, 5.41) is 0. The summed E-state index contributed by atoms with van der Waals surface area (Å²) in [6, 6.07) is 29.6. The molecule has 0 fully saturated rings. The predicted octanol–water partition coefficient (Wildman–Crippen LogP) is 5.85. The molecule has 0 heterocycles. The van der Waals surface area contributed by atoms with Gasteiger partial charge in [-0.2, -0.15) is 0 Å². The monoisotopic (exact) mass is 524 g/mol. The van der Waals surface area contributed by atoms with Gasteiger partial charge < -0.3 is 18.9 Å². The molecule has 0 aromatic heterocycles. The highest BCUT2D eigenvalue weighted by atomic mass is 16.5. The Labute approximate surface area is 226 Å². The van der Waals surface area contributed by atoms with Crippen LogP contribution in [0.4, 0.5) is 0 Å². The van der Waals surface area contributed by atoms with E-state index in [4.69, 9.17) is 18.9 Å². The molecule has 0 N–H and O–H groups in total. The lowest BCUT2D eigenvalue weighted by Crippen LogP contribution is -2.31. The van der Waals surface area contributed by atoms with Crippen LogP contribution in [-0.2, 0) is 19.8 Å². The quantitative estimate of drug-likeness (QED) is 0.162. The Hall–Kier alpha value is -4.91. The summed E-state index contributed by atoms with van der Waals surface area (Å²) >= 11 is 0. The largest absolute Gasteiger partial charge is 0.497 e. The third-order valence-corrected chi connectivity index (χ3v) is 6.17. The average molecular weight is 525 g/mol. The van der Waals surface area contributed by atoms with Crippen LogP contribution in [0.15, 0.2) is 97.1 Å². The zero-order valence-electron chi connectivity index (χ0n) is 22.1. The molecule has 7 nitrogen and oxygen atoms in total. The molecule has 0 aliphatic rings. The highest BCUT2D eigenvalue weighted by Gasteiger charge is 2.38. The molecule has 0 bridgehead atoms. The maximum absolute atomic E-state index is 11.5. The molecule has 4 aromatic carbocycles. The second kappa shape index (κ2) is 11.6. The Morgan fingerprint density at radius 3 is 0.872 bits per heavy atom. The van der Waals surface area contributed by atoms with Gasteiger partial charge in [0.25, 0.3) is 0 Å². The van der Waals surface area contributed by atoms with Crippen LogP contribution in [0.25, 0.3) is 0 Å². The summed E-state index contributed by atoms with van der Waals surface area (Å²) in [5.41, 5.74) is 2.69. The Morgan fingerprint density at radius 1 is 0.436 bits per heavy atom. The van der Waals surface area contributed by atoms with Crippen molar-refractivity contribution < 1.29 is 33.3 Å². The molecule has 0 aliphatic heterocycles. The van der Waals surface area contributed by atoms with E-state index in [0.29, 0.717) is 23.0 Å². The maximum atomic E-state index is 11.5. The molecule has 198 valence electrons. The molecule has 0 atom stereocenters. The molecule has 0 aliphatic carbocycles. The number of carbonyl (C=O) groups is 3. The third kappa shape index (κ3) is 5.99. The Morgan fingerprint density at radius 2 is 0.667 bits per heavy atom. The summed E-state index contributed by atoms with van der Waals surface area (Å²) in [6.45, 7) is 4.06. The highest BCUT2D eigenvalue weighted by Crippen LogP contribution is 2.46. The lowest BCUT2D eigenvalue weighted by atomic mass is 9.65. The third-order valence-electron chi connectivity index (χ3n) is 6.17. The number of ether oxygens (including phenoxy) is 4. The van der Waals surface area contributed by atoms with Crippen molar-refractivity contribution in [2.75, 3.05) is 7.11 Å². The van der Waals surface area contributed by atoms with Crippen LogP contribution < -0.4 is 18.9 Å². The molecule has 0 spiro atoms. The van der Waals surface area contributed by atoms with Crippen molar-refractivity contribution in [2.24, 2.45) is 0 Å². The highest BCUT2D eigenvalue weighted by molar-refractivity contribution is 5.71. The minimum absolute atomic E-state index is 0.411. The van der Waals surface area contributed by atoms with E-state index in [1.54, 1.807) is 43.5 Å². The van der Waals surface area contributed by atoms with Gasteiger partial charge in [-0.3, -0.25) is 14.4 Å². The molecule has 0 unspecified atom stereocenters. The van der Waals surface area contributed by atoms with Gasteiger partial charge in [-0.05, 0) is 70.8 Å². The van der Waals surface area contributed by atoms with Gasteiger partial charge in [0, 0.05) is 20.8 Å². The summed E-state index contributed by atoms with van der Waals surface area (Å²) in [6.07, 6.45) is 0. The summed E-state index contributed by atoms with van der Waals surface area (Å²) in [5.74, 6) is 0.734. The lowest BCUT2D eigenvalue weighted by molar-refractivity contribution is -0.132. The van der Waals surface area contributed by atoms with Crippen LogP contribution >= 0.6 is 0 Å². The molecule has 0 saturated heterocycles. The summed E-state index contributed by atoms with van der Waals surface area (Å²) in [7, 11) is 1.61. The fraction of sp³-hybridized carbons (Fsp3) is 0.156. The van der Waals surface area contributed by atoms with E-state index in [0.717, 1.165) is 22.3 Å². The zero-order valence-corrected chi connectivity index (χ0v) is 22.1. The minimum Gasteiger partial charge on any atom is -0.497 e. The molecule has 39 heavy (non-hydrogen) atoms. The number of hydrogen-bond donors (Lipinski definition) is 0. The van der Waals surface area contributed by atoms with Crippen LogP contribution in [0.3, 0.4) is 0 Å². The fourth-order valence-electron chi connectivity index (χ4n) is 4.66. The van der Waals surface area contributed by atoms with Gasteiger partial charge in [0.05, 0.1) is 12.5 Å². The van der Waals surface area contributed by atoms with Crippen molar-refractivity contribution in [3.05, 3.63) is 119 Å². The minimum atomic E-state index is -0.871. The first kappa shape index (κ1) is 27.1. The van der Waals surface area contributed by atoms with Crippen molar-refractivity contribution in [1.82, 2.24) is 0 Å². The van der Waals surface area contributed by atoms with E-state index in [-0.39, 0.29) is 0 Å². The molecular formula is C32H28O7. The van der Waals surface area contributed by atoms with Crippen LogP contribution in [0, 0.1) is 0 Å². The predicted molar refractivity (Wildman–Crippen MR) is 145 cm³/mol. The van der Waals surface area contributed by atoms with Gasteiger partial charge in [0.15, 0.2) is 0 Å². The SMILES string of the molecule is COc1ccc(C(c2ccc(OC(C)=O)cc2)(c2ccc(OC(C)=O)cc2)c2ccc(OC(C)=O)cc2)cc1. The van der Waals surface area contributed by atoms with E-state index in [1.165, 1.54) is 20.8 Å². The van der Waals surface area contributed by atoms with Crippen LogP contribution in [0.5, 0.6) is 23.0 Å². The van der Waals surface area contributed by atoms with Crippen molar-refractivity contribution in [3.63, 3.8) is 0 Å². The zero-order chi connectivity index (χ0) is 28.0. The normalized spacial score (nSPS) is 10.9. The van der Waals surface area contributed by atoms with Crippen LogP contribution in [0.1, 0.15) is 43.0 Å². The molecule has 7 heteroatoms. The number of hydrogen-bond acceptors (Lipinski definition) is 7. The van der Waals surface area contributed by atoms with Crippen LogP contribution in [0.2, 0.25) is 0 Å². The Kier molecular flexibility index (Phi) is 8.10. The number of rotatable bonds is 8. The van der Waals surface area contributed by atoms with Crippen molar-refractivity contribution in [1.29, 1.82) is 0 Å². The lowest BCUT2D eigenvalue weighted by Gasteiger charge is -2.37. The molecule has 0 radical (unpaired) electrons. The van der Waals surface area contributed by atoms with E-state index in [1.807, 2.05) is 60.7 Å². The summed E-state index contributed by atoms with van der Waals surface area (Å²) in [4.78, 5) is 34.6. The van der Waals surface area contributed by atoms with Gasteiger partial charge in [0.1, 0.15) is 23.0 Å². The van der Waals surface area contributed by atoms with E-state index in [9.17, 15) is 14.4 Å². The number of carbonyl (C=O) groups excluding carboxylic acids is 3. The van der Waals surface area contributed by atoms with Gasteiger partial charge in [-0.15, -0.1) is 0 Å². The molecular weight excluding hydrogens is 496 g/mol. The Balaban J connectivity index is 1.99. The molecule has 4 aromatic rings. The second-order valence-electron chi connectivity index (χ2n) is 8.83. The van der Waals surface area contributed by atoms with Gasteiger partial charge in [-0.1, -0.05) is 48.5 Å². The Bertz CT molecular complexity index is 1310. The molecule has 0 saturated carbocycles. The number of methoxy groups -OCH3 is 1.